The fourth-order valence-corrected chi connectivity index (χ4v) is 3.72. The Morgan fingerprint density at radius 3 is 2.47 bits per heavy atom. The lowest BCUT2D eigenvalue weighted by atomic mass is 10.1. The molecule has 0 saturated heterocycles. The Morgan fingerprint density at radius 2 is 1.70 bits per heavy atom. The highest BCUT2D eigenvalue weighted by Gasteiger charge is 2.18. The van der Waals surface area contributed by atoms with Crippen molar-refractivity contribution in [2.24, 2.45) is 0 Å². The zero-order valence-corrected chi connectivity index (χ0v) is 18.4. The molecule has 0 fully saturated rings. The van der Waals surface area contributed by atoms with Crippen LogP contribution in [0.5, 0.6) is 5.75 Å². The molecule has 0 radical (unpaired) electrons. The molecule has 0 aliphatic heterocycles. The van der Waals surface area contributed by atoms with E-state index in [1.807, 2.05) is 66.7 Å². The van der Waals surface area contributed by atoms with Crippen molar-refractivity contribution in [3.63, 3.8) is 0 Å². The number of fused-ring (bicyclic) bond motifs is 1. The van der Waals surface area contributed by atoms with Gasteiger partial charge in [0.05, 0.1) is 17.5 Å². The van der Waals surface area contributed by atoms with Gasteiger partial charge in [-0.1, -0.05) is 60.7 Å². The summed E-state index contributed by atoms with van der Waals surface area (Å²) in [6.45, 7) is 2.65. The summed E-state index contributed by atoms with van der Waals surface area (Å²) < 4.78 is 11.6. The number of esters is 1. The second-order valence-corrected chi connectivity index (χ2v) is 7.54. The van der Waals surface area contributed by atoms with Gasteiger partial charge in [-0.2, -0.15) is 0 Å². The molecule has 3 rings (SSSR count). The van der Waals surface area contributed by atoms with Crippen molar-refractivity contribution in [1.82, 2.24) is 4.90 Å². The van der Waals surface area contributed by atoms with Crippen LogP contribution in [0.4, 0.5) is 0 Å². The van der Waals surface area contributed by atoms with Crippen molar-refractivity contribution in [3.8, 4) is 5.75 Å². The third-order valence-electron chi connectivity index (χ3n) is 4.64. The minimum Gasteiger partial charge on any atom is -0.483 e. The van der Waals surface area contributed by atoms with Gasteiger partial charge in [-0.15, -0.1) is 0 Å². The molecule has 0 aliphatic rings. The van der Waals surface area contributed by atoms with Gasteiger partial charge in [-0.25, -0.2) is 0 Å². The van der Waals surface area contributed by atoms with Crippen LogP contribution < -0.4 is 4.74 Å². The maximum absolute atomic E-state index is 12.9. The number of carbonyl (C=O) groups excluding carboxylic acids is 2. The number of benzene rings is 3. The van der Waals surface area contributed by atoms with Crippen molar-refractivity contribution in [2.45, 2.75) is 19.9 Å². The summed E-state index contributed by atoms with van der Waals surface area (Å²) in [7, 11) is 0. The van der Waals surface area contributed by atoms with Crippen LogP contribution in [0.25, 0.3) is 10.8 Å². The van der Waals surface area contributed by atoms with E-state index in [9.17, 15) is 9.59 Å². The molecular weight excluding hydrogens is 446 g/mol. The number of ether oxygens (including phenoxy) is 2. The van der Waals surface area contributed by atoms with Gasteiger partial charge in [0, 0.05) is 13.1 Å². The molecule has 0 N–H and O–H groups in total. The van der Waals surface area contributed by atoms with Gasteiger partial charge in [-0.05, 0) is 45.3 Å². The number of rotatable bonds is 9. The Morgan fingerprint density at radius 1 is 0.967 bits per heavy atom. The highest BCUT2D eigenvalue weighted by atomic mass is 79.9. The first-order valence-corrected chi connectivity index (χ1v) is 10.6. The molecule has 6 heteroatoms. The molecule has 30 heavy (non-hydrogen) atoms. The number of amides is 1. The summed E-state index contributed by atoms with van der Waals surface area (Å²) in [5, 5.41) is 2.11. The molecule has 3 aromatic rings. The van der Waals surface area contributed by atoms with Crippen molar-refractivity contribution < 1.29 is 19.1 Å². The van der Waals surface area contributed by atoms with E-state index in [1.54, 1.807) is 11.8 Å². The second-order valence-electron chi connectivity index (χ2n) is 6.74. The number of carbonyl (C=O) groups is 2. The van der Waals surface area contributed by atoms with Gasteiger partial charge < -0.3 is 14.4 Å². The van der Waals surface area contributed by atoms with Gasteiger partial charge in [0.25, 0.3) is 5.91 Å². The summed E-state index contributed by atoms with van der Waals surface area (Å²) >= 11 is 3.58. The van der Waals surface area contributed by atoms with Gasteiger partial charge in [0.2, 0.25) is 0 Å². The molecule has 0 aliphatic carbocycles. The standard InChI is InChI=1S/C24H24BrNO4/c1-2-29-23(28)14-15-26(16-18-8-4-3-5-9-18)22(27)17-30-21-13-12-19-10-6-7-11-20(19)24(21)25/h3-13H,2,14-17H2,1H3. The highest BCUT2D eigenvalue weighted by Crippen LogP contribution is 2.33. The Balaban J connectivity index is 1.69. The normalized spacial score (nSPS) is 10.6. The summed E-state index contributed by atoms with van der Waals surface area (Å²) in [5.41, 5.74) is 0.988. The number of nitrogens with zero attached hydrogens (tertiary/aromatic N) is 1. The molecule has 0 spiro atoms. The van der Waals surface area contributed by atoms with E-state index in [0.717, 1.165) is 20.8 Å². The first-order valence-electron chi connectivity index (χ1n) is 9.86. The Hall–Kier alpha value is -2.86. The van der Waals surface area contributed by atoms with E-state index < -0.39 is 0 Å². The molecule has 0 bridgehead atoms. The second kappa shape index (κ2) is 10.8. The zero-order valence-electron chi connectivity index (χ0n) is 16.8. The van der Waals surface area contributed by atoms with E-state index in [0.29, 0.717) is 18.9 Å². The Bertz CT molecular complexity index is 1010. The third-order valence-corrected chi connectivity index (χ3v) is 5.46. The Kier molecular flexibility index (Phi) is 7.85. The fraction of sp³-hybridized carbons (Fsp3) is 0.250. The number of halogens is 1. The lowest BCUT2D eigenvalue weighted by Crippen LogP contribution is -2.36. The first kappa shape index (κ1) is 21.8. The lowest BCUT2D eigenvalue weighted by Gasteiger charge is -2.23. The molecule has 0 heterocycles. The van der Waals surface area contributed by atoms with Crippen LogP contribution in [0.15, 0.2) is 71.2 Å². The highest BCUT2D eigenvalue weighted by molar-refractivity contribution is 9.10. The van der Waals surface area contributed by atoms with E-state index in [1.165, 1.54) is 0 Å². The number of hydrogen-bond acceptors (Lipinski definition) is 4. The van der Waals surface area contributed by atoms with E-state index in [4.69, 9.17) is 9.47 Å². The SMILES string of the molecule is CCOC(=O)CCN(Cc1ccccc1)C(=O)COc1ccc2ccccc2c1Br. The predicted octanol–water partition coefficient (Wildman–Crippen LogP) is 4.96. The van der Waals surface area contributed by atoms with E-state index >= 15 is 0 Å². The molecule has 0 unspecified atom stereocenters. The third kappa shape index (κ3) is 5.83. The van der Waals surface area contributed by atoms with E-state index in [-0.39, 0.29) is 31.4 Å². The van der Waals surface area contributed by atoms with Crippen molar-refractivity contribution in [2.75, 3.05) is 19.8 Å². The molecular formula is C24H24BrNO4. The summed E-state index contributed by atoms with van der Waals surface area (Å²) in [4.78, 5) is 26.3. The Labute approximate surface area is 184 Å². The van der Waals surface area contributed by atoms with Crippen LogP contribution >= 0.6 is 15.9 Å². The van der Waals surface area contributed by atoms with Gasteiger partial charge in [0.15, 0.2) is 6.61 Å². The molecule has 156 valence electrons. The van der Waals surface area contributed by atoms with E-state index in [2.05, 4.69) is 15.9 Å². The molecule has 3 aromatic carbocycles. The summed E-state index contributed by atoms with van der Waals surface area (Å²) in [5.74, 6) is 0.0943. The quantitative estimate of drug-likeness (QED) is 0.415. The first-order chi connectivity index (χ1) is 14.6. The largest absolute Gasteiger partial charge is 0.483 e. The lowest BCUT2D eigenvalue weighted by molar-refractivity contribution is -0.144. The van der Waals surface area contributed by atoms with Crippen molar-refractivity contribution >= 4 is 38.6 Å². The molecule has 1 amide bonds. The maximum atomic E-state index is 12.9. The van der Waals surface area contributed by atoms with Crippen LogP contribution in [-0.2, 0) is 20.9 Å². The summed E-state index contributed by atoms with van der Waals surface area (Å²) in [6.07, 6.45) is 0.145. The topological polar surface area (TPSA) is 55.8 Å². The summed E-state index contributed by atoms with van der Waals surface area (Å²) in [6, 6.07) is 21.4. The van der Waals surface area contributed by atoms with Gasteiger partial charge >= 0.3 is 5.97 Å². The number of hydrogen-bond donors (Lipinski definition) is 0. The monoisotopic (exact) mass is 469 g/mol. The van der Waals surface area contributed by atoms with Crippen LogP contribution in [0.2, 0.25) is 0 Å². The van der Waals surface area contributed by atoms with Gasteiger partial charge in [0.1, 0.15) is 5.75 Å². The zero-order chi connectivity index (χ0) is 21.3. The minimum absolute atomic E-state index is 0.118. The molecule has 0 aromatic heterocycles. The van der Waals surface area contributed by atoms with Gasteiger partial charge in [-0.3, -0.25) is 9.59 Å². The van der Waals surface area contributed by atoms with Crippen LogP contribution in [-0.4, -0.2) is 36.5 Å². The van der Waals surface area contributed by atoms with Crippen molar-refractivity contribution in [3.05, 3.63) is 76.8 Å². The average molecular weight is 470 g/mol. The van der Waals surface area contributed by atoms with Crippen molar-refractivity contribution in [1.29, 1.82) is 0 Å². The van der Waals surface area contributed by atoms with Crippen LogP contribution in [0, 0.1) is 0 Å². The van der Waals surface area contributed by atoms with Crippen LogP contribution in [0.3, 0.4) is 0 Å². The maximum Gasteiger partial charge on any atom is 0.307 e. The van der Waals surface area contributed by atoms with Crippen LogP contribution in [0.1, 0.15) is 18.9 Å². The fourth-order valence-electron chi connectivity index (χ4n) is 3.11. The molecule has 0 saturated carbocycles. The predicted molar refractivity (Wildman–Crippen MR) is 120 cm³/mol. The average Bonchev–Trinajstić information content (AvgIpc) is 2.77. The molecule has 0 atom stereocenters. The molecule has 5 nitrogen and oxygen atoms in total. The minimum atomic E-state index is -0.318. The smallest absolute Gasteiger partial charge is 0.307 e.